The molecule has 19 heavy (non-hydrogen) atoms. The number of hydrogen-bond acceptors (Lipinski definition) is 4. The van der Waals surface area contributed by atoms with E-state index in [-0.39, 0.29) is 12.5 Å². The van der Waals surface area contributed by atoms with Gasteiger partial charge in [0.15, 0.2) is 0 Å². The molecule has 110 valence electrons. The lowest BCUT2D eigenvalue weighted by molar-refractivity contribution is -0.0924. The van der Waals surface area contributed by atoms with Gasteiger partial charge < -0.3 is 4.74 Å². The van der Waals surface area contributed by atoms with Crippen LogP contribution >= 0.6 is 0 Å². The summed E-state index contributed by atoms with van der Waals surface area (Å²) in [6.45, 7) is 3.82. The van der Waals surface area contributed by atoms with Crippen molar-refractivity contribution in [3.8, 4) is 0 Å². The summed E-state index contributed by atoms with van der Waals surface area (Å²) in [6.07, 6.45) is 1.54. The van der Waals surface area contributed by atoms with E-state index in [1.54, 1.807) is 13.8 Å². The molecule has 0 aromatic carbocycles. The Kier molecular flexibility index (Phi) is 2.35. The summed E-state index contributed by atoms with van der Waals surface area (Å²) >= 11 is 0. The molecule has 0 amide bonds. The van der Waals surface area contributed by atoms with Gasteiger partial charge in [-0.25, -0.2) is 0 Å². The third-order valence-electron chi connectivity index (χ3n) is 5.25. The fourth-order valence-electron chi connectivity index (χ4n) is 4.02. The average Bonchev–Trinajstić information content (AvgIpc) is 2.92. The first kappa shape index (κ1) is 13.6. The SMILES string of the molecule is CC1(C)C2CCC1(OS(=O)(=O)C(F)(F)F)[C@]1(CO1)C2. The lowest BCUT2D eigenvalue weighted by Gasteiger charge is -2.39. The molecule has 4 nitrogen and oxygen atoms in total. The van der Waals surface area contributed by atoms with Gasteiger partial charge in [-0.1, -0.05) is 13.8 Å². The largest absolute Gasteiger partial charge is 0.523 e. The number of epoxide rings is 1. The van der Waals surface area contributed by atoms with Crippen LogP contribution in [-0.4, -0.2) is 31.7 Å². The van der Waals surface area contributed by atoms with Crippen LogP contribution in [0.2, 0.25) is 0 Å². The second-order valence-electron chi connectivity index (χ2n) is 6.25. The van der Waals surface area contributed by atoms with Crippen molar-refractivity contribution < 1.29 is 30.5 Å². The normalized spacial score (nSPS) is 43.9. The minimum absolute atomic E-state index is 0.137. The Hall–Kier alpha value is -0.340. The van der Waals surface area contributed by atoms with Crippen LogP contribution in [0.25, 0.3) is 0 Å². The first-order valence-electron chi connectivity index (χ1n) is 6.13. The second-order valence-corrected chi connectivity index (χ2v) is 7.79. The van der Waals surface area contributed by atoms with Crippen molar-refractivity contribution >= 4 is 10.1 Å². The maximum Gasteiger partial charge on any atom is 0.523 e. The van der Waals surface area contributed by atoms with Gasteiger partial charge in [0, 0.05) is 5.41 Å². The van der Waals surface area contributed by atoms with Crippen LogP contribution in [0.3, 0.4) is 0 Å². The molecule has 0 aromatic heterocycles. The predicted octanol–water partition coefficient (Wildman–Crippen LogP) is 2.20. The number of fused-ring (bicyclic) bond motifs is 3. The van der Waals surface area contributed by atoms with Gasteiger partial charge in [0.1, 0.15) is 11.2 Å². The quantitative estimate of drug-likeness (QED) is 0.446. The maximum absolute atomic E-state index is 12.6. The van der Waals surface area contributed by atoms with Gasteiger partial charge >= 0.3 is 15.6 Å². The third-order valence-corrected chi connectivity index (χ3v) is 6.32. The Bertz CT molecular complexity index is 521. The van der Waals surface area contributed by atoms with E-state index in [1.807, 2.05) is 0 Å². The summed E-state index contributed by atoms with van der Waals surface area (Å²) in [5.74, 6) is 0.137. The van der Waals surface area contributed by atoms with E-state index in [2.05, 4.69) is 0 Å². The number of alkyl halides is 3. The summed E-state index contributed by atoms with van der Waals surface area (Å²) < 4.78 is 70.6. The number of halogens is 3. The highest BCUT2D eigenvalue weighted by atomic mass is 32.2. The Morgan fingerprint density at radius 1 is 1.32 bits per heavy atom. The highest BCUT2D eigenvalue weighted by Gasteiger charge is 2.80. The fourth-order valence-corrected chi connectivity index (χ4v) is 4.94. The summed E-state index contributed by atoms with van der Waals surface area (Å²) in [6, 6.07) is 0. The van der Waals surface area contributed by atoms with Crippen LogP contribution in [0.15, 0.2) is 0 Å². The molecule has 1 heterocycles. The second kappa shape index (κ2) is 3.28. The highest BCUT2D eigenvalue weighted by molar-refractivity contribution is 7.87. The molecule has 3 fully saturated rings. The Morgan fingerprint density at radius 3 is 2.32 bits per heavy atom. The molecule has 1 aliphatic heterocycles. The number of ether oxygens (including phenoxy) is 1. The van der Waals surface area contributed by atoms with E-state index >= 15 is 0 Å². The van der Waals surface area contributed by atoms with Crippen LogP contribution in [0, 0.1) is 11.3 Å². The molecular weight excluding hydrogens is 285 g/mol. The zero-order chi connectivity index (χ0) is 14.3. The third kappa shape index (κ3) is 1.45. The minimum Gasteiger partial charge on any atom is -0.366 e. The summed E-state index contributed by atoms with van der Waals surface area (Å²) in [5.41, 5.74) is -8.24. The van der Waals surface area contributed by atoms with Gasteiger partial charge in [-0.3, -0.25) is 4.18 Å². The molecular formula is C11H15F3O4S. The average molecular weight is 300 g/mol. The zero-order valence-electron chi connectivity index (χ0n) is 10.6. The van der Waals surface area contributed by atoms with Crippen LogP contribution in [0.5, 0.6) is 0 Å². The van der Waals surface area contributed by atoms with Crippen LogP contribution in [-0.2, 0) is 19.0 Å². The first-order valence-corrected chi connectivity index (χ1v) is 7.54. The van der Waals surface area contributed by atoms with E-state index in [1.165, 1.54) is 0 Å². The van der Waals surface area contributed by atoms with E-state index in [0.29, 0.717) is 19.3 Å². The van der Waals surface area contributed by atoms with Crippen LogP contribution in [0.4, 0.5) is 13.2 Å². The zero-order valence-corrected chi connectivity index (χ0v) is 11.4. The van der Waals surface area contributed by atoms with E-state index in [0.717, 1.165) is 0 Å². The molecule has 3 atom stereocenters. The van der Waals surface area contributed by atoms with Gasteiger partial charge in [-0.05, 0) is 25.2 Å². The topological polar surface area (TPSA) is 55.9 Å². The molecule has 0 radical (unpaired) electrons. The standard InChI is InChI=1S/C11H15F3O4S/c1-8(2)7-3-4-10(8,9(5-7)6-17-9)18-19(15,16)11(12,13)14/h7H,3-6H2,1-2H3/t7?,9-,10?/m1/s1. The lowest BCUT2D eigenvalue weighted by atomic mass is 9.75. The fraction of sp³-hybridized carbons (Fsp3) is 1.00. The van der Waals surface area contributed by atoms with Gasteiger partial charge in [-0.15, -0.1) is 0 Å². The highest BCUT2D eigenvalue weighted by Crippen LogP contribution is 2.71. The smallest absolute Gasteiger partial charge is 0.366 e. The predicted molar refractivity (Wildman–Crippen MR) is 58.6 cm³/mol. The van der Waals surface area contributed by atoms with Gasteiger partial charge in [-0.2, -0.15) is 21.6 Å². The molecule has 1 saturated heterocycles. The Labute approximate surface area is 109 Å². The molecule has 2 bridgehead atoms. The van der Waals surface area contributed by atoms with Crippen LogP contribution in [0.1, 0.15) is 33.1 Å². The summed E-state index contributed by atoms with van der Waals surface area (Å²) in [5, 5.41) is 0. The molecule has 3 aliphatic rings. The van der Waals surface area contributed by atoms with Crippen molar-refractivity contribution in [1.29, 1.82) is 0 Å². The van der Waals surface area contributed by atoms with Crippen molar-refractivity contribution in [3.05, 3.63) is 0 Å². The van der Waals surface area contributed by atoms with Crippen molar-refractivity contribution in [2.24, 2.45) is 11.3 Å². The molecule has 2 aliphatic carbocycles. The lowest BCUT2D eigenvalue weighted by Crippen LogP contribution is -2.53. The van der Waals surface area contributed by atoms with E-state index < -0.39 is 32.2 Å². The molecule has 2 saturated carbocycles. The molecule has 1 spiro atoms. The van der Waals surface area contributed by atoms with Gasteiger partial charge in [0.25, 0.3) is 0 Å². The van der Waals surface area contributed by atoms with Crippen molar-refractivity contribution in [2.75, 3.05) is 6.61 Å². The molecule has 3 rings (SSSR count). The maximum atomic E-state index is 12.6. The van der Waals surface area contributed by atoms with Gasteiger partial charge in [0.2, 0.25) is 0 Å². The molecule has 2 unspecified atom stereocenters. The molecule has 0 aromatic rings. The molecule has 0 N–H and O–H groups in total. The summed E-state index contributed by atoms with van der Waals surface area (Å²) in [4.78, 5) is 0. The van der Waals surface area contributed by atoms with Gasteiger partial charge in [0.05, 0.1) is 6.61 Å². The Balaban J connectivity index is 2.03. The van der Waals surface area contributed by atoms with Crippen LogP contribution < -0.4 is 0 Å². The van der Waals surface area contributed by atoms with E-state index in [4.69, 9.17) is 8.92 Å². The summed E-state index contributed by atoms with van der Waals surface area (Å²) in [7, 11) is -5.61. The Morgan fingerprint density at radius 2 is 1.89 bits per heavy atom. The van der Waals surface area contributed by atoms with Crippen molar-refractivity contribution in [2.45, 2.75) is 49.8 Å². The van der Waals surface area contributed by atoms with Crippen molar-refractivity contribution in [3.63, 3.8) is 0 Å². The van der Waals surface area contributed by atoms with E-state index in [9.17, 15) is 21.6 Å². The monoisotopic (exact) mass is 300 g/mol. The van der Waals surface area contributed by atoms with Crippen molar-refractivity contribution in [1.82, 2.24) is 0 Å². The molecule has 8 heteroatoms. The number of hydrogen-bond donors (Lipinski definition) is 0. The first-order chi connectivity index (χ1) is 8.48. The number of rotatable bonds is 2. The minimum atomic E-state index is -5.61.